The van der Waals surface area contributed by atoms with Gasteiger partial charge in [0.05, 0.1) is 17.2 Å². The SMILES string of the molecule is O=C1c2onc(-c3cc(F)ccc3O)c2C(c2ccc(C(F)(F)F)cc2)N1C1CCOCC1. The molecule has 3 heterocycles. The Morgan fingerprint density at radius 3 is 2.42 bits per heavy atom. The summed E-state index contributed by atoms with van der Waals surface area (Å²) in [5.41, 5.74) is -0.0239. The summed E-state index contributed by atoms with van der Waals surface area (Å²) in [7, 11) is 0. The van der Waals surface area contributed by atoms with Gasteiger partial charge in [0, 0.05) is 24.8 Å². The van der Waals surface area contributed by atoms with E-state index in [0.717, 1.165) is 30.3 Å². The molecule has 33 heavy (non-hydrogen) atoms. The number of hydrogen-bond donors (Lipinski definition) is 1. The third-order valence-electron chi connectivity index (χ3n) is 6.06. The lowest BCUT2D eigenvalue weighted by atomic mass is 9.93. The first-order chi connectivity index (χ1) is 15.8. The number of aromatic nitrogens is 1. The third-order valence-corrected chi connectivity index (χ3v) is 6.06. The van der Waals surface area contributed by atoms with Crippen molar-refractivity contribution < 1.29 is 36.7 Å². The van der Waals surface area contributed by atoms with E-state index in [9.17, 15) is 27.5 Å². The molecule has 172 valence electrons. The average molecular weight is 462 g/mol. The Morgan fingerprint density at radius 1 is 1.06 bits per heavy atom. The van der Waals surface area contributed by atoms with Crippen LogP contribution in [0.2, 0.25) is 0 Å². The van der Waals surface area contributed by atoms with Crippen molar-refractivity contribution >= 4 is 5.91 Å². The summed E-state index contributed by atoms with van der Waals surface area (Å²) in [5, 5.41) is 14.2. The van der Waals surface area contributed by atoms with Crippen molar-refractivity contribution in [1.29, 1.82) is 0 Å². The molecule has 0 saturated carbocycles. The summed E-state index contributed by atoms with van der Waals surface area (Å²) in [5.74, 6) is -1.44. The number of carbonyl (C=O) groups excluding carboxylic acids is 1. The molecular formula is C23H18F4N2O4. The third kappa shape index (κ3) is 3.64. The summed E-state index contributed by atoms with van der Waals surface area (Å²) >= 11 is 0. The number of phenolic OH excluding ortho intramolecular Hbond substituents is 1. The number of fused-ring (bicyclic) bond motifs is 1. The van der Waals surface area contributed by atoms with Crippen LogP contribution in [0.5, 0.6) is 5.75 Å². The second kappa shape index (κ2) is 7.87. The fourth-order valence-electron chi connectivity index (χ4n) is 4.49. The minimum absolute atomic E-state index is 0.0264. The van der Waals surface area contributed by atoms with Crippen LogP contribution in [0.15, 0.2) is 47.0 Å². The quantitative estimate of drug-likeness (QED) is 0.559. The average Bonchev–Trinajstić information content (AvgIpc) is 3.34. The minimum Gasteiger partial charge on any atom is -0.507 e. The normalized spacial score (nSPS) is 19.2. The van der Waals surface area contributed by atoms with E-state index in [1.807, 2.05) is 0 Å². The molecule has 1 amide bonds. The maximum Gasteiger partial charge on any atom is 0.416 e. The van der Waals surface area contributed by atoms with Crippen LogP contribution < -0.4 is 0 Å². The Hall–Kier alpha value is -3.40. The van der Waals surface area contributed by atoms with Gasteiger partial charge in [-0.2, -0.15) is 13.2 Å². The molecule has 1 N–H and O–H groups in total. The number of halogens is 4. The van der Waals surface area contributed by atoms with Gasteiger partial charge in [0.1, 0.15) is 17.3 Å². The number of ether oxygens (including phenoxy) is 1. The van der Waals surface area contributed by atoms with Crippen LogP contribution >= 0.6 is 0 Å². The number of benzene rings is 2. The molecule has 2 aromatic carbocycles. The highest BCUT2D eigenvalue weighted by atomic mass is 19.4. The van der Waals surface area contributed by atoms with Crippen LogP contribution in [0.3, 0.4) is 0 Å². The largest absolute Gasteiger partial charge is 0.507 e. The number of phenols is 1. The van der Waals surface area contributed by atoms with Gasteiger partial charge in [-0.3, -0.25) is 4.79 Å². The van der Waals surface area contributed by atoms with Gasteiger partial charge >= 0.3 is 6.18 Å². The van der Waals surface area contributed by atoms with Gasteiger partial charge in [-0.25, -0.2) is 4.39 Å². The van der Waals surface area contributed by atoms with Gasteiger partial charge in [0.15, 0.2) is 0 Å². The number of alkyl halides is 3. The lowest BCUT2D eigenvalue weighted by Crippen LogP contribution is -2.42. The molecule has 0 aliphatic carbocycles. The number of nitrogens with zero attached hydrogens (tertiary/aromatic N) is 2. The molecule has 0 spiro atoms. The molecule has 0 radical (unpaired) electrons. The summed E-state index contributed by atoms with van der Waals surface area (Å²) in [6.45, 7) is 0.872. The molecule has 1 aromatic heterocycles. The first-order valence-electron chi connectivity index (χ1n) is 10.3. The van der Waals surface area contributed by atoms with Crippen LogP contribution in [0.1, 0.15) is 46.1 Å². The highest BCUT2D eigenvalue weighted by molar-refractivity contribution is 5.99. The number of aromatic hydroxyl groups is 1. The highest BCUT2D eigenvalue weighted by Gasteiger charge is 2.47. The topological polar surface area (TPSA) is 75.8 Å². The number of carbonyl (C=O) groups is 1. The lowest BCUT2D eigenvalue weighted by molar-refractivity contribution is -0.137. The molecule has 1 fully saturated rings. The van der Waals surface area contributed by atoms with Crippen molar-refractivity contribution in [3.05, 3.63) is 70.7 Å². The Kier molecular flexibility index (Phi) is 5.12. The molecule has 2 aliphatic rings. The van der Waals surface area contributed by atoms with Crippen molar-refractivity contribution in [1.82, 2.24) is 10.1 Å². The first-order valence-corrected chi connectivity index (χ1v) is 10.3. The van der Waals surface area contributed by atoms with Crippen LogP contribution in [0.4, 0.5) is 17.6 Å². The van der Waals surface area contributed by atoms with E-state index in [4.69, 9.17) is 9.26 Å². The van der Waals surface area contributed by atoms with E-state index < -0.39 is 29.5 Å². The number of rotatable bonds is 3. The van der Waals surface area contributed by atoms with Crippen molar-refractivity contribution in [2.24, 2.45) is 0 Å². The Morgan fingerprint density at radius 2 is 1.76 bits per heavy atom. The Labute approximate surface area is 185 Å². The van der Waals surface area contributed by atoms with Crippen LogP contribution in [-0.2, 0) is 10.9 Å². The van der Waals surface area contributed by atoms with Gasteiger partial charge < -0.3 is 19.3 Å². The summed E-state index contributed by atoms with van der Waals surface area (Å²) in [6.07, 6.45) is -3.42. The van der Waals surface area contributed by atoms with Gasteiger partial charge in [-0.15, -0.1) is 0 Å². The molecule has 2 aliphatic heterocycles. The van der Waals surface area contributed by atoms with E-state index in [1.54, 1.807) is 4.90 Å². The van der Waals surface area contributed by atoms with Crippen molar-refractivity contribution in [3.63, 3.8) is 0 Å². The molecule has 3 aromatic rings. The predicted octanol–water partition coefficient (Wildman–Crippen LogP) is 4.93. The molecule has 1 saturated heterocycles. The Bertz CT molecular complexity index is 1200. The maximum atomic E-state index is 13.9. The monoisotopic (exact) mass is 462 g/mol. The Balaban J connectivity index is 1.66. The molecule has 1 atom stereocenters. The lowest BCUT2D eigenvalue weighted by Gasteiger charge is -2.36. The minimum atomic E-state index is -4.51. The second-order valence-corrected chi connectivity index (χ2v) is 8.01. The van der Waals surface area contributed by atoms with Crippen molar-refractivity contribution in [2.75, 3.05) is 13.2 Å². The van der Waals surface area contributed by atoms with E-state index in [0.29, 0.717) is 31.6 Å². The predicted molar refractivity (Wildman–Crippen MR) is 107 cm³/mol. The van der Waals surface area contributed by atoms with Crippen molar-refractivity contribution in [2.45, 2.75) is 31.1 Å². The summed E-state index contributed by atoms with van der Waals surface area (Å²) < 4.78 is 64.0. The summed E-state index contributed by atoms with van der Waals surface area (Å²) in [6, 6.07) is 6.77. The van der Waals surface area contributed by atoms with Gasteiger partial charge in [-0.05, 0) is 48.7 Å². The maximum absolute atomic E-state index is 13.9. The number of amides is 1. The van der Waals surface area contributed by atoms with Gasteiger partial charge in [-0.1, -0.05) is 17.3 Å². The van der Waals surface area contributed by atoms with Crippen LogP contribution in [0.25, 0.3) is 11.3 Å². The van der Waals surface area contributed by atoms with E-state index >= 15 is 0 Å². The second-order valence-electron chi connectivity index (χ2n) is 8.01. The van der Waals surface area contributed by atoms with Gasteiger partial charge in [0.25, 0.3) is 5.91 Å². The standard InChI is InChI=1S/C23H18F4N2O4/c24-14-5-6-17(30)16(11-14)19-18-20(12-1-3-13(4-2-12)23(25,26)27)29(15-7-9-32-10-8-15)22(31)21(18)33-28-19/h1-6,11,15,20,30H,7-10H2. The van der Waals surface area contributed by atoms with Gasteiger partial charge in [0.2, 0.25) is 5.76 Å². The van der Waals surface area contributed by atoms with Crippen molar-refractivity contribution in [3.8, 4) is 17.0 Å². The highest BCUT2D eigenvalue weighted by Crippen LogP contribution is 2.47. The molecule has 10 heteroatoms. The molecule has 1 unspecified atom stereocenters. The van der Waals surface area contributed by atoms with Crippen LogP contribution in [-0.4, -0.2) is 40.3 Å². The molecule has 0 bridgehead atoms. The zero-order valence-corrected chi connectivity index (χ0v) is 17.1. The zero-order chi connectivity index (χ0) is 23.3. The smallest absolute Gasteiger partial charge is 0.416 e. The van der Waals surface area contributed by atoms with Crippen LogP contribution in [0, 0.1) is 5.82 Å². The van der Waals surface area contributed by atoms with E-state index in [2.05, 4.69) is 5.16 Å². The van der Waals surface area contributed by atoms with E-state index in [1.165, 1.54) is 12.1 Å². The number of hydrogen-bond acceptors (Lipinski definition) is 5. The molecular weight excluding hydrogens is 444 g/mol. The summed E-state index contributed by atoms with van der Waals surface area (Å²) in [4.78, 5) is 14.9. The zero-order valence-electron chi connectivity index (χ0n) is 17.1. The fraction of sp³-hybridized carbons (Fsp3) is 0.304. The molecule has 5 rings (SSSR count). The van der Waals surface area contributed by atoms with E-state index in [-0.39, 0.29) is 34.4 Å². The molecule has 6 nitrogen and oxygen atoms in total. The fourth-order valence-corrected chi connectivity index (χ4v) is 4.49. The first kappa shape index (κ1) is 21.4.